The van der Waals surface area contributed by atoms with Gasteiger partial charge < -0.3 is 33.8 Å². The summed E-state index contributed by atoms with van der Waals surface area (Å²) in [6.45, 7) is 4.92. The van der Waals surface area contributed by atoms with Gasteiger partial charge in [-0.1, -0.05) is 372 Å². The van der Waals surface area contributed by atoms with Gasteiger partial charge in [0.2, 0.25) is 0 Å². The van der Waals surface area contributed by atoms with Crippen molar-refractivity contribution in [2.24, 2.45) is 0 Å². The molecule has 0 bridgehead atoms. The third-order valence-corrected chi connectivity index (χ3v) is 20.7. The highest BCUT2D eigenvalue weighted by Crippen LogP contribution is 2.45. The van der Waals surface area contributed by atoms with E-state index in [-0.39, 0.29) is 25.7 Å². The maximum absolute atomic E-state index is 13.1. The maximum Gasteiger partial charge on any atom is 0.472 e. The molecular formula is C85H158O17P2. The Bertz CT molecular complexity index is 2150. The summed E-state index contributed by atoms with van der Waals surface area (Å²) < 4.78 is 68.8. The fourth-order valence-electron chi connectivity index (χ4n) is 12.3. The molecule has 0 aromatic rings. The number of aliphatic hydroxyl groups excluding tert-OH is 1. The van der Waals surface area contributed by atoms with Crippen molar-refractivity contribution in [2.45, 2.75) is 431 Å². The van der Waals surface area contributed by atoms with Crippen LogP contribution in [0, 0.1) is 0 Å². The van der Waals surface area contributed by atoms with Crippen molar-refractivity contribution in [2.75, 3.05) is 39.6 Å². The SMILES string of the molecule is CCCCC/C=C\C/C=C\C/C=C\C/C=C\CCCC(=O)OC[C@H](COP(=O)(O)OC[C@@H](O)COP(=O)(O)OC[C@@H](COC(=O)CCCCCCCCCCCCCCCCCCC)OC(=O)CCCCCCCCCCCCCCCCC)OC(=O)CCCCCCCCCCCCCCCCC. The van der Waals surface area contributed by atoms with Crippen LogP contribution >= 0.6 is 15.6 Å². The molecule has 0 aliphatic heterocycles. The molecule has 104 heavy (non-hydrogen) atoms. The molecule has 0 aliphatic carbocycles. The van der Waals surface area contributed by atoms with Gasteiger partial charge in [-0.15, -0.1) is 0 Å². The van der Waals surface area contributed by atoms with E-state index in [1.165, 1.54) is 231 Å². The van der Waals surface area contributed by atoms with E-state index in [1.54, 1.807) is 0 Å². The molecule has 0 rings (SSSR count). The minimum atomic E-state index is -4.98. The second kappa shape index (κ2) is 78.2. The van der Waals surface area contributed by atoms with Gasteiger partial charge in [0.25, 0.3) is 0 Å². The number of esters is 4. The first-order chi connectivity index (χ1) is 50.7. The average molecular weight is 1510 g/mol. The largest absolute Gasteiger partial charge is 0.472 e. The molecule has 0 radical (unpaired) electrons. The quantitative estimate of drug-likeness (QED) is 0.0169. The van der Waals surface area contributed by atoms with E-state index in [0.717, 1.165) is 96.3 Å². The Balaban J connectivity index is 5.34. The number of carbonyl (C=O) groups is 4. The molecule has 0 spiro atoms. The van der Waals surface area contributed by atoms with Crippen LogP contribution in [0.3, 0.4) is 0 Å². The third-order valence-electron chi connectivity index (χ3n) is 18.8. The number of aliphatic hydroxyl groups is 1. The minimum Gasteiger partial charge on any atom is -0.462 e. The van der Waals surface area contributed by atoms with Crippen LogP contribution in [0.25, 0.3) is 0 Å². The van der Waals surface area contributed by atoms with Crippen LogP contribution in [0.4, 0.5) is 0 Å². The van der Waals surface area contributed by atoms with Gasteiger partial charge in [-0.05, 0) is 64.2 Å². The van der Waals surface area contributed by atoms with Crippen molar-refractivity contribution >= 4 is 39.5 Å². The van der Waals surface area contributed by atoms with E-state index < -0.39 is 97.5 Å². The Morgan fingerprint density at radius 1 is 0.269 bits per heavy atom. The Morgan fingerprint density at radius 3 is 0.760 bits per heavy atom. The predicted octanol–water partition coefficient (Wildman–Crippen LogP) is 25.2. The van der Waals surface area contributed by atoms with E-state index in [0.29, 0.717) is 32.1 Å². The molecule has 0 saturated carbocycles. The lowest BCUT2D eigenvalue weighted by molar-refractivity contribution is -0.161. The number of hydrogen-bond donors (Lipinski definition) is 3. The van der Waals surface area contributed by atoms with E-state index in [1.807, 2.05) is 12.2 Å². The number of phosphoric acid groups is 2. The predicted molar refractivity (Wildman–Crippen MR) is 427 cm³/mol. The Hall–Kier alpha value is -2.98. The van der Waals surface area contributed by atoms with Crippen LogP contribution in [0.15, 0.2) is 48.6 Å². The zero-order valence-corrected chi connectivity index (χ0v) is 68.8. The van der Waals surface area contributed by atoms with Crippen LogP contribution in [0.5, 0.6) is 0 Å². The molecule has 0 aliphatic rings. The first-order valence-corrected chi connectivity index (χ1v) is 45.9. The highest BCUT2D eigenvalue weighted by molar-refractivity contribution is 7.47. The molecule has 2 unspecified atom stereocenters. The van der Waals surface area contributed by atoms with Gasteiger partial charge in [0.1, 0.15) is 19.3 Å². The summed E-state index contributed by atoms with van der Waals surface area (Å²) in [6.07, 6.45) is 77.9. The molecule has 3 N–H and O–H groups in total. The number of carbonyl (C=O) groups excluding carboxylic acids is 4. The van der Waals surface area contributed by atoms with E-state index in [2.05, 4.69) is 64.2 Å². The number of phosphoric ester groups is 2. The summed E-state index contributed by atoms with van der Waals surface area (Å²) >= 11 is 0. The normalized spacial score (nSPS) is 14.0. The van der Waals surface area contributed by atoms with Crippen LogP contribution in [-0.2, 0) is 65.4 Å². The molecule has 17 nitrogen and oxygen atoms in total. The van der Waals surface area contributed by atoms with E-state index in [9.17, 15) is 43.2 Å². The maximum atomic E-state index is 13.1. The van der Waals surface area contributed by atoms with Crippen molar-refractivity contribution < 1.29 is 80.2 Å². The van der Waals surface area contributed by atoms with Crippen LogP contribution in [0.2, 0.25) is 0 Å². The fourth-order valence-corrected chi connectivity index (χ4v) is 13.9. The molecule has 0 aromatic heterocycles. The zero-order valence-electron chi connectivity index (χ0n) is 67.0. The highest BCUT2D eigenvalue weighted by Gasteiger charge is 2.30. The van der Waals surface area contributed by atoms with Gasteiger partial charge in [-0.25, -0.2) is 9.13 Å². The van der Waals surface area contributed by atoms with Crippen LogP contribution < -0.4 is 0 Å². The topological polar surface area (TPSA) is 237 Å². The Labute approximate surface area is 636 Å². The smallest absolute Gasteiger partial charge is 0.462 e. The first kappa shape index (κ1) is 101. The summed E-state index contributed by atoms with van der Waals surface area (Å²) in [5.74, 6) is -2.19. The van der Waals surface area contributed by atoms with Crippen molar-refractivity contribution in [1.82, 2.24) is 0 Å². The second-order valence-corrected chi connectivity index (χ2v) is 32.1. The van der Waals surface area contributed by atoms with Crippen molar-refractivity contribution in [3.63, 3.8) is 0 Å². The molecule has 0 aromatic carbocycles. The zero-order chi connectivity index (χ0) is 76.0. The van der Waals surface area contributed by atoms with Crippen LogP contribution in [0.1, 0.15) is 413 Å². The molecular weight excluding hydrogens is 1350 g/mol. The molecule has 0 heterocycles. The Kier molecular flexibility index (Phi) is 75.9. The standard InChI is InChI=1S/C85H158O17P2/c1-5-9-13-17-21-25-29-33-37-39-43-45-49-53-57-61-65-69-82(87)95-75-80(101-84(89)71-67-63-59-55-51-47-41-35-31-27-23-19-15-11-7-3)77-99-103(91,92)97-73-79(86)74-98-104(93,94)100-78-81(102-85(90)72-68-64-60-56-52-48-42-36-32-28-24-20-16-12-8-4)76-96-83(88)70-66-62-58-54-50-46-44-40-38-34-30-26-22-18-14-10-6-2/h21,25,33,37,43,45,53,57,79-81,86H,5-20,22-24,26-32,34-36,38-42,44,46-52,54-56,58-78H2,1-4H3,(H,91,92)(H,93,94)/b25-21-,37-33-,45-43-,57-53-/t79-,80-,81-/m1/s1. The van der Waals surface area contributed by atoms with Gasteiger partial charge in [-0.2, -0.15) is 0 Å². The van der Waals surface area contributed by atoms with Gasteiger partial charge in [0, 0.05) is 25.7 Å². The summed E-state index contributed by atoms with van der Waals surface area (Å²) in [7, 11) is -9.95. The summed E-state index contributed by atoms with van der Waals surface area (Å²) in [4.78, 5) is 73.2. The molecule has 0 saturated heterocycles. The highest BCUT2D eigenvalue weighted by atomic mass is 31.2. The Morgan fingerprint density at radius 2 is 0.481 bits per heavy atom. The minimum absolute atomic E-state index is 0.0914. The third kappa shape index (κ3) is 77.2. The van der Waals surface area contributed by atoms with Crippen LogP contribution in [-0.4, -0.2) is 96.7 Å². The second-order valence-electron chi connectivity index (χ2n) is 29.2. The molecule has 0 fully saturated rings. The number of rotatable bonds is 82. The monoisotopic (exact) mass is 1510 g/mol. The number of allylic oxidation sites excluding steroid dienone is 8. The van der Waals surface area contributed by atoms with Gasteiger partial charge in [0.15, 0.2) is 12.2 Å². The number of ether oxygens (including phenoxy) is 4. The van der Waals surface area contributed by atoms with E-state index >= 15 is 0 Å². The summed E-state index contributed by atoms with van der Waals surface area (Å²) in [5.41, 5.74) is 0. The number of unbranched alkanes of at least 4 members (excludes halogenated alkanes) is 48. The molecule has 5 atom stereocenters. The van der Waals surface area contributed by atoms with Gasteiger partial charge >= 0.3 is 39.5 Å². The van der Waals surface area contributed by atoms with E-state index in [4.69, 9.17) is 37.0 Å². The number of hydrogen-bond acceptors (Lipinski definition) is 15. The average Bonchev–Trinajstić information content (AvgIpc) is 0.937. The molecule has 0 amide bonds. The van der Waals surface area contributed by atoms with Gasteiger partial charge in [0.05, 0.1) is 26.4 Å². The van der Waals surface area contributed by atoms with Crippen molar-refractivity contribution in [1.29, 1.82) is 0 Å². The lowest BCUT2D eigenvalue weighted by Gasteiger charge is -2.21. The molecule has 19 heteroatoms. The van der Waals surface area contributed by atoms with Crippen molar-refractivity contribution in [3.05, 3.63) is 48.6 Å². The summed E-state index contributed by atoms with van der Waals surface area (Å²) in [5, 5.41) is 10.7. The fraction of sp³-hybridized carbons (Fsp3) is 0.859. The molecule has 610 valence electrons. The first-order valence-electron chi connectivity index (χ1n) is 42.9. The lowest BCUT2D eigenvalue weighted by Crippen LogP contribution is -2.30. The summed E-state index contributed by atoms with van der Waals surface area (Å²) in [6, 6.07) is 0. The van der Waals surface area contributed by atoms with Gasteiger partial charge in [-0.3, -0.25) is 37.3 Å². The van der Waals surface area contributed by atoms with Crippen molar-refractivity contribution in [3.8, 4) is 0 Å². The lowest BCUT2D eigenvalue weighted by atomic mass is 10.0.